The molecule has 1 aromatic rings. The molecule has 0 aliphatic rings. The molecule has 0 saturated heterocycles. The molecule has 0 fully saturated rings. The van der Waals surface area contributed by atoms with Crippen LogP contribution in [-0.2, 0) is 14.3 Å². The van der Waals surface area contributed by atoms with Crippen LogP contribution in [0.15, 0.2) is 17.5 Å². The molecule has 0 aliphatic heterocycles. The van der Waals surface area contributed by atoms with Gasteiger partial charge in [-0.2, -0.15) is 0 Å². The van der Waals surface area contributed by atoms with Crippen molar-refractivity contribution >= 4 is 23.2 Å². The average molecular weight is 255 g/mol. The van der Waals surface area contributed by atoms with Gasteiger partial charge in [-0.1, -0.05) is 6.07 Å². The molecule has 5 heteroatoms. The van der Waals surface area contributed by atoms with Crippen LogP contribution >= 0.6 is 11.3 Å². The Kier molecular flexibility index (Phi) is 5.15. The van der Waals surface area contributed by atoms with Crippen LogP contribution in [0.1, 0.15) is 38.1 Å². The van der Waals surface area contributed by atoms with Gasteiger partial charge in [0.05, 0.1) is 18.6 Å². The molecule has 0 aliphatic carbocycles. The van der Waals surface area contributed by atoms with E-state index in [0.29, 0.717) is 0 Å². The van der Waals surface area contributed by atoms with Crippen LogP contribution in [0, 0.1) is 0 Å². The Labute approximate surface area is 105 Å². The summed E-state index contributed by atoms with van der Waals surface area (Å²) in [4.78, 5) is 23.6. The minimum absolute atomic E-state index is 0.135. The summed E-state index contributed by atoms with van der Waals surface area (Å²) < 4.78 is 5.07. The molecule has 0 aromatic carbocycles. The first-order valence-electron chi connectivity index (χ1n) is 5.49. The van der Waals surface area contributed by atoms with Crippen molar-refractivity contribution in [2.75, 3.05) is 0 Å². The van der Waals surface area contributed by atoms with Gasteiger partial charge in [-0.15, -0.1) is 11.3 Å². The first-order valence-corrected chi connectivity index (χ1v) is 6.37. The SMILES string of the molecule is CC(=O)NC(CC(=O)OC(C)C)c1cccs1. The van der Waals surface area contributed by atoms with E-state index < -0.39 is 0 Å². The zero-order chi connectivity index (χ0) is 12.8. The molecule has 0 saturated carbocycles. The second-order valence-electron chi connectivity index (χ2n) is 4.01. The maximum atomic E-state index is 11.6. The second kappa shape index (κ2) is 6.39. The smallest absolute Gasteiger partial charge is 0.308 e. The number of hydrogen-bond acceptors (Lipinski definition) is 4. The highest BCUT2D eigenvalue weighted by molar-refractivity contribution is 7.10. The summed E-state index contributed by atoms with van der Waals surface area (Å²) in [6.07, 6.45) is 0.0296. The highest BCUT2D eigenvalue weighted by Crippen LogP contribution is 2.22. The van der Waals surface area contributed by atoms with Gasteiger partial charge in [0, 0.05) is 11.8 Å². The predicted molar refractivity (Wildman–Crippen MR) is 66.7 cm³/mol. The Morgan fingerprint density at radius 2 is 2.18 bits per heavy atom. The zero-order valence-electron chi connectivity index (χ0n) is 10.2. The molecule has 1 rings (SSSR count). The lowest BCUT2D eigenvalue weighted by Crippen LogP contribution is -2.28. The van der Waals surface area contributed by atoms with E-state index in [-0.39, 0.29) is 30.4 Å². The lowest BCUT2D eigenvalue weighted by Gasteiger charge is -2.16. The fourth-order valence-corrected chi connectivity index (χ4v) is 2.21. The van der Waals surface area contributed by atoms with Crippen molar-refractivity contribution in [1.29, 1.82) is 0 Å². The van der Waals surface area contributed by atoms with E-state index in [1.54, 1.807) is 13.8 Å². The standard InChI is InChI=1S/C12H17NO3S/c1-8(2)16-12(15)7-10(13-9(3)14)11-5-4-6-17-11/h4-6,8,10H,7H2,1-3H3,(H,13,14). The number of thiophene rings is 1. The fraction of sp³-hybridized carbons (Fsp3) is 0.500. The van der Waals surface area contributed by atoms with Crippen molar-refractivity contribution in [2.45, 2.75) is 39.3 Å². The molecule has 1 amide bonds. The highest BCUT2D eigenvalue weighted by Gasteiger charge is 2.19. The van der Waals surface area contributed by atoms with Gasteiger partial charge in [-0.05, 0) is 25.3 Å². The molecule has 0 spiro atoms. The maximum absolute atomic E-state index is 11.6. The normalized spacial score (nSPS) is 12.2. The minimum Gasteiger partial charge on any atom is -0.463 e. The van der Waals surface area contributed by atoms with Crippen LogP contribution in [-0.4, -0.2) is 18.0 Å². The fourth-order valence-electron chi connectivity index (χ4n) is 1.44. The molecule has 1 unspecified atom stereocenters. The summed E-state index contributed by atoms with van der Waals surface area (Å²) in [5.74, 6) is -0.451. The Hall–Kier alpha value is -1.36. The number of carbonyl (C=O) groups excluding carboxylic acids is 2. The van der Waals surface area contributed by atoms with Crippen molar-refractivity contribution in [3.05, 3.63) is 22.4 Å². The first kappa shape index (κ1) is 13.7. The van der Waals surface area contributed by atoms with Gasteiger partial charge in [-0.3, -0.25) is 9.59 Å². The molecule has 1 heterocycles. The summed E-state index contributed by atoms with van der Waals surface area (Å²) in [7, 11) is 0. The van der Waals surface area contributed by atoms with Crippen molar-refractivity contribution < 1.29 is 14.3 Å². The van der Waals surface area contributed by atoms with Crippen LogP contribution in [0.2, 0.25) is 0 Å². The first-order chi connectivity index (χ1) is 7.99. The Bertz CT molecular complexity index is 373. The summed E-state index contributed by atoms with van der Waals surface area (Å²) in [5, 5.41) is 4.67. The number of nitrogens with one attached hydrogen (secondary N) is 1. The molecule has 1 aromatic heterocycles. The largest absolute Gasteiger partial charge is 0.463 e. The maximum Gasteiger partial charge on any atom is 0.308 e. The molecular formula is C12H17NO3S. The van der Waals surface area contributed by atoms with Crippen LogP contribution in [0.4, 0.5) is 0 Å². The number of rotatable bonds is 5. The van der Waals surface area contributed by atoms with E-state index in [9.17, 15) is 9.59 Å². The summed E-state index contributed by atoms with van der Waals surface area (Å²) in [6.45, 7) is 5.04. The number of carbonyl (C=O) groups is 2. The summed E-state index contributed by atoms with van der Waals surface area (Å²) in [5.41, 5.74) is 0. The zero-order valence-corrected chi connectivity index (χ0v) is 11.0. The Balaban J connectivity index is 2.65. The van der Waals surface area contributed by atoms with Gasteiger partial charge in [0.2, 0.25) is 5.91 Å². The monoisotopic (exact) mass is 255 g/mol. The van der Waals surface area contributed by atoms with Crippen LogP contribution in [0.3, 0.4) is 0 Å². The van der Waals surface area contributed by atoms with Crippen molar-refractivity contribution in [1.82, 2.24) is 5.32 Å². The molecule has 94 valence electrons. The van der Waals surface area contributed by atoms with E-state index in [4.69, 9.17) is 4.74 Å². The van der Waals surface area contributed by atoms with Gasteiger partial charge in [0.25, 0.3) is 0 Å². The van der Waals surface area contributed by atoms with E-state index in [2.05, 4.69) is 5.32 Å². The topological polar surface area (TPSA) is 55.4 Å². The van der Waals surface area contributed by atoms with Gasteiger partial charge in [0.15, 0.2) is 0 Å². The number of hydrogen-bond donors (Lipinski definition) is 1. The second-order valence-corrected chi connectivity index (χ2v) is 4.99. The van der Waals surface area contributed by atoms with Gasteiger partial charge in [0.1, 0.15) is 0 Å². The van der Waals surface area contributed by atoms with E-state index >= 15 is 0 Å². The van der Waals surface area contributed by atoms with E-state index in [0.717, 1.165) is 4.88 Å². The predicted octanol–water partition coefficient (Wildman–Crippen LogP) is 2.27. The van der Waals surface area contributed by atoms with Gasteiger partial charge >= 0.3 is 5.97 Å². The lowest BCUT2D eigenvalue weighted by atomic mass is 10.1. The van der Waals surface area contributed by atoms with Crippen molar-refractivity contribution in [3.8, 4) is 0 Å². The molecule has 17 heavy (non-hydrogen) atoms. The van der Waals surface area contributed by atoms with E-state index in [1.165, 1.54) is 18.3 Å². The van der Waals surface area contributed by atoms with Gasteiger partial charge in [-0.25, -0.2) is 0 Å². The molecule has 0 bridgehead atoms. The Morgan fingerprint density at radius 3 is 2.65 bits per heavy atom. The molecule has 1 N–H and O–H groups in total. The van der Waals surface area contributed by atoms with Crippen LogP contribution in [0.5, 0.6) is 0 Å². The van der Waals surface area contributed by atoms with Crippen molar-refractivity contribution in [2.24, 2.45) is 0 Å². The molecule has 4 nitrogen and oxygen atoms in total. The number of esters is 1. The van der Waals surface area contributed by atoms with Crippen LogP contribution < -0.4 is 5.32 Å². The van der Waals surface area contributed by atoms with Gasteiger partial charge < -0.3 is 10.1 Å². The molecule has 1 atom stereocenters. The molecule has 0 radical (unpaired) electrons. The van der Waals surface area contributed by atoms with E-state index in [1.807, 2.05) is 17.5 Å². The third-order valence-electron chi connectivity index (χ3n) is 2.00. The third kappa shape index (κ3) is 4.99. The molecular weight excluding hydrogens is 238 g/mol. The average Bonchev–Trinajstić information content (AvgIpc) is 2.66. The van der Waals surface area contributed by atoms with Crippen molar-refractivity contribution in [3.63, 3.8) is 0 Å². The Morgan fingerprint density at radius 1 is 1.47 bits per heavy atom. The minimum atomic E-state index is -0.299. The number of amides is 1. The summed E-state index contributed by atoms with van der Waals surface area (Å²) in [6, 6.07) is 3.50. The highest BCUT2D eigenvalue weighted by atomic mass is 32.1. The third-order valence-corrected chi connectivity index (χ3v) is 2.99. The quantitative estimate of drug-likeness (QED) is 0.821. The number of ether oxygens (including phenoxy) is 1. The lowest BCUT2D eigenvalue weighted by molar-refractivity contribution is -0.148. The summed E-state index contributed by atoms with van der Waals surface area (Å²) >= 11 is 1.51. The van der Waals surface area contributed by atoms with Crippen LogP contribution in [0.25, 0.3) is 0 Å².